The molecule has 0 saturated heterocycles. The molecule has 0 radical (unpaired) electrons. The van der Waals surface area contributed by atoms with E-state index < -0.39 is 21.9 Å². The van der Waals surface area contributed by atoms with E-state index in [4.69, 9.17) is 4.74 Å². The number of nitrogens with zero attached hydrogens (tertiary/aromatic N) is 1. The average molecular weight is 509 g/mol. The summed E-state index contributed by atoms with van der Waals surface area (Å²) in [5.74, 6) is -0.0838. The van der Waals surface area contributed by atoms with Gasteiger partial charge >= 0.3 is 0 Å². The highest BCUT2D eigenvalue weighted by molar-refractivity contribution is 7.92. The molecule has 2 atom stereocenters. The zero-order valence-electron chi connectivity index (χ0n) is 20.3. The Morgan fingerprint density at radius 2 is 1.89 bits per heavy atom. The van der Waals surface area contributed by atoms with Gasteiger partial charge in [0.05, 0.1) is 17.5 Å². The number of amides is 1. The Morgan fingerprint density at radius 3 is 2.67 bits per heavy atom. The van der Waals surface area contributed by atoms with Crippen molar-refractivity contribution in [2.45, 2.75) is 63.1 Å². The van der Waals surface area contributed by atoms with Gasteiger partial charge in [-0.05, 0) is 79.6 Å². The van der Waals surface area contributed by atoms with Crippen LogP contribution >= 0.6 is 0 Å². The lowest BCUT2D eigenvalue weighted by molar-refractivity contribution is -0.141. The summed E-state index contributed by atoms with van der Waals surface area (Å²) in [6.45, 7) is 3.80. The Kier molecular flexibility index (Phi) is 6.47. The Balaban J connectivity index is 1.48. The first-order chi connectivity index (χ1) is 17.3. The van der Waals surface area contributed by atoms with Crippen LogP contribution in [0.3, 0.4) is 0 Å². The number of rotatable bonds is 5. The number of halogens is 1. The maximum Gasteiger partial charge on any atom is 0.264 e. The minimum atomic E-state index is -4.00. The maximum absolute atomic E-state index is 14.0. The minimum absolute atomic E-state index is 0.0623. The van der Waals surface area contributed by atoms with Gasteiger partial charge in [-0.1, -0.05) is 37.3 Å². The van der Waals surface area contributed by atoms with Gasteiger partial charge in [-0.3, -0.25) is 9.52 Å². The Morgan fingerprint density at radius 1 is 1.08 bits per heavy atom. The van der Waals surface area contributed by atoms with Gasteiger partial charge in [0.15, 0.2) is 6.10 Å². The normalized spacial score (nSPS) is 19.6. The van der Waals surface area contributed by atoms with E-state index in [0.29, 0.717) is 30.0 Å². The predicted molar refractivity (Wildman–Crippen MR) is 136 cm³/mol. The van der Waals surface area contributed by atoms with Crippen LogP contribution in [0.5, 0.6) is 5.75 Å². The molecule has 1 N–H and O–H groups in total. The molecule has 1 aliphatic heterocycles. The monoisotopic (exact) mass is 508 g/mol. The van der Waals surface area contributed by atoms with Crippen molar-refractivity contribution in [1.82, 2.24) is 4.90 Å². The van der Waals surface area contributed by atoms with Crippen LogP contribution in [0, 0.1) is 12.7 Å². The van der Waals surface area contributed by atoms with Crippen molar-refractivity contribution in [1.29, 1.82) is 0 Å². The lowest BCUT2D eigenvalue weighted by Gasteiger charge is -2.36. The number of sulfonamides is 1. The second kappa shape index (κ2) is 9.58. The van der Waals surface area contributed by atoms with Gasteiger partial charge < -0.3 is 9.64 Å². The van der Waals surface area contributed by atoms with Crippen LogP contribution in [-0.4, -0.2) is 25.3 Å². The highest BCUT2D eigenvalue weighted by Gasteiger charge is 2.36. The second-order valence-corrected chi connectivity index (χ2v) is 11.1. The molecule has 0 fully saturated rings. The smallest absolute Gasteiger partial charge is 0.264 e. The van der Waals surface area contributed by atoms with Crippen molar-refractivity contribution < 1.29 is 22.3 Å². The predicted octanol–water partition coefficient (Wildman–Crippen LogP) is 5.51. The van der Waals surface area contributed by atoms with E-state index in [1.807, 2.05) is 24.0 Å². The van der Waals surface area contributed by atoms with Crippen molar-refractivity contribution in [3.05, 3.63) is 88.7 Å². The summed E-state index contributed by atoms with van der Waals surface area (Å²) in [4.78, 5) is 15.3. The summed E-state index contributed by atoms with van der Waals surface area (Å²) >= 11 is 0. The molecule has 36 heavy (non-hydrogen) atoms. The summed E-state index contributed by atoms with van der Waals surface area (Å²) in [6, 6.07) is 17.0. The van der Waals surface area contributed by atoms with Crippen molar-refractivity contribution in [2.75, 3.05) is 4.72 Å². The SMILES string of the molecule is CC[C@@H]1Oc2ccc(NS(=O)(=O)c3ccc(C)c(F)c3)cc2CN([C@@H]2CCCc3ccccc32)C1=O. The number of carbonyl (C=O) groups excluding carboxylic acids is 1. The minimum Gasteiger partial charge on any atom is -0.480 e. The quantitative estimate of drug-likeness (QED) is 0.493. The van der Waals surface area contributed by atoms with Crippen LogP contribution in [0.25, 0.3) is 0 Å². The molecule has 2 aliphatic rings. The summed E-state index contributed by atoms with van der Waals surface area (Å²) in [5, 5.41) is 0. The van der Waals surface area contributed by atoms with Crippen LogP contribution < -0.4 is 9.46 Å². The van der Waals surface area contributed by atoms with Crippen LogP contribution in [0.1, 0.15) is 54.5 Å². The van der Waals surface area contributed by atoms with Gasteiger partial charge in [0.2, 0.25) is 0 Å². The highest BCUT2D eigenvalue weighted by Crippen LogP contribution is 2.39. The van der Waals surface area contributed by atoms with E-state index in [9.17, 15) is 17.6 Å². The highest BCUT2D eigenvalue weighted by atomic mass is 32.2. The number of benzene rings is 3. The molecule has 5 rings (SSSR count). The topological polar surface area (TPSA) is 75.7 Å². The number of nitrogens with one attached hydrogen (secondary N) is 1. The van der Waals surface area contributed by atoms with Crippen LogP contribution in [0.4, 0.5) is 10.1 Å². The fourth-order valence-electron chi connectivity index (χ4n) is 5.06. The van der Waals surface area contributed by atoms with Crippen LogP contribution in [-0.2, 0) is 27.8 Å². The molecular weight excluding hydrogens is 479 g/mol. The number of hydrogen-bond donors (Lipinski definition) is 1. The zero-order chi connectivity index (χ0) is 25.4. The van der Waals surface area contributed by atoms with Gasteiger partial charge in [-0.2, -0.15) is 0 Å². The number of anilines is 1. The number of ether oxygens (including phenoxy) is 1. The Bertz CT molecular complexity index is 1420. The Labute approximate surface area is 211 Å². The number of fused-ring (bicyclic) bond motifs is 2. The van der Waals surface area contributed by atoms with Crippen molar-refractivity contribution in [2.24, 2.45) is 0 Å². The molecule has 0 unspecified atom stereocenters. The Hall–Kier alpha value is -3.39. The first kappa shape index (κ1) is 24.3. The molecule has 0 bridgehead atoms. The van der Waals surface area contributed by atoms with Crippen molar-refractivity contribution >= 4 is 21.6 Å². The third kappa shape index (κ3) is 4.57. The average Bonchev–Trinajstić information content (AvgIpc) is 3.01. The van der Waals surface area contributed by atoms with Crippen molar-refractivity contribution in [3.8, 4) is 5.75 Å². The summed E-state index contributed by atoms with van der Waals surface area (Å²) < 4.78 is 48.5. The molecule has 3 aromatic carbocycles. The molecule has 1 heterocycles. The van der Waals surface area contributed by atoms with Gasteiger partial charge in [0.25, 0.3) is 15.9 Å². The van der Waals surface area contributed by atoms with Crippen LogP contribution in [0.2, 0.25) is 0 Å². The van der Waals surface area contributed by atoms with Gasteiger partial charge in [0.1, 0.15) is 11.6 Å². The first-order valence-corrected chi connectivity index (χ1v) is 13.7. The second-order valence-electron chi connectivity index (χ2n) is 9.43. The van der Waals surface area contributed by atoms with E-state index in [-0.39, 0.29) is 16.8 Å². The van der Waals surface area contributed by atoms with E-state index in [0.717, 1.165) is 36.5 Å². The molecule has 0 saturated carbocycles. The summed E-state index contributed by atoms with van der Waals surface area (Å²) in [6.07, 6.45) is 2.75. The summed E-state index contributed by atoms with van der Waals surface area (Å²) in [7, 11) is -4.00. The maximum atomic E-state index is 14.0. The van der Waals surface area contributed by atoms with Crippen LogP contribution in [0.15, 0.2) is 65.6 Å². The lowest BCUT2D eigenvalue weighted by atomic mass is 9.86. The molecule has 3 aromatic rings. The number of hydrogen-bond acceptors (Lipinski definition) is 4. The molecule has 6 nitrogen and oxygen atoms in total. The van der Waals surface area contributed by atoms with E-state index in [1.165, 1.54) is 17.7 Å². The molecule has 1 aliphatic carbocycles. The molecular formula is C28H29FN2O4S. The third-order valence-corrected chi connectivity index (χ3v) is 8.40. The first-order valence-electron chi connectivity index (χ1n) is 12.2. The summed E-state index contributed by atoms with van der Waals surface area (Å²) in [5.41, 5.74) is 3.83. The molecule has 0 aromatic heterocycles. The third-order valence-electron chi connectivity index (χ3n) is 7.02. The van der Waals surface area contributed by atoms with Crippen molar-refractivity contribution in [3.63, 3.8) is 0 Å². The number of carbonyl (C=O) groups is 1. The fourth-order valence-corrected chi connectivity index (χ4v) is 6.12. The largest absolute Gasteiger partial charge is 0.480 e. The fraction of sp³-hybridized carbons (Fsp3) is 0.321. The lowest BCUT2D eigenvalue weighted by Crippen LogP contribution is -2.42. The molecule has 8 heteroatoms. The molecule has 188 valence electrons. The standard InChI is InChI=1S/C28H29FN2O4S/c1-3-26-28(32)31(25-10-6-8-19-7-4-5-9-23(19)25)17-20-15-21(12-14-27(20)35-26)30-36(33,34)22-13-11-18(2)24(29)16-22/h4-5,7,9,11-16,25-26,30H,3,6,8,10,17H2,1-2H3/t25-,26+/m1/s1. The van der Waals surface area contributed by atoms with Gasteiger partial charge in [-0.25, -0.2) is 12.8 Å². The zero-order valence-corrected chi connectivity index (χ0v) is 21.1. The van der Waals surface area contributed by atoms with Gasteiger partial charge in [-0.15, -0.1) is 0 Å². The van der Waals surface area contributed by atoms with E-state index in [2.05, 4.69) is 16.9 Å². The van der Waals surface area contributed by atoms with Gasteiger partial charge in [0, 0.05) is 11.3 Å². The van der Waals surface area contributed by atoms with E-state index >= 15 is 0 Å². The number of aryl methyl sites for hydroxylation is 2. The molecule has 0 spiro atoms. The molecule has 1 amide bonds. The van der Waals surface area contributed by atoms with E-state index in [1.54, 1.807) is 25.1 Å².